The highest BCUT2D eigenvalue weighted by molar-refractivity contribution is 7.59. The zero-order chi connectivity index (χ0) is 12.4. The van der Waals surface area contributed by atoms with Gasteiger partial charge in [0, 0.05) is 17.4 Å². The fraction of sp³-hybridized carbons (Fsp3) is 0.0667. The van der Waals surface area contributed by atoms with E-state index < -0.39 is 8.30 Å². The molecule has 0 saturated heterocycles. The molecule has 3 rings (SSSR count). The average Bonchev–Trinajstić information content (AvgIpc) is 2.45. The van der Waals surface area contributed by atoms with Gasteiger partial charge in [0.2, 0.25) is 0 Å². The molecule has 0 radical (unpaired) electrons. The SMILES string of the molecule is C=CCNP1Oc2ccccc2-c2ccccc21. The van der Waals surface area contributed by atoms with Crippen molar-refractivity contribution in [1.29, 1.82) is 0 Å². The molecule has 3 heteroatoms. The molecule has 2 nitrogen and oxygen atoms in total. The molecule has 1 heterocycles. The number of nitrogens with one attached hydrogen (secondary N) is 1. The lowest BCUT2D eigenvalue weighted by Gasteiger charge is -2.27. The highest BCUT2D eigenvalue weighted by Crippen LogP contribution is 2.45. The zero-order valence-corrected chi connectivity index (χ0v) is 10.9. The Hall–Kier alpha value is -1.63. The third kappa shape index (κ3) is 1.94. The minimum absolute atomic E-state index is 0.752. The normalized spacial score (nSPS) is 16.3. The Morgan fingerprint density at radius 2 is 1.78 bits per heavy atom. The van der Waals surface area contributed by atoms with Crippen LogP contribution >= 0.6 is 8.30 Å². The quantitative estimate of drug-likeness (QED) is 0.670. The second-order valence-electron chi connectivity index (χ2n) is 4.05. The van der Waals surface area contributed by atoms with Gasteiger partial charge in [-0.3, -0.25) is 5.09 Å². The number of para-hydroxylation sites is 1. The Labute approximate surface area is 108 Å². The van der Waals surface area contributed by atoms with Crippen LogP contribution in [0.3, 0.4) is 0 Å². The van der Waals surface area contributed by atoms with E-state index in [-0.39, 0.29) is 0 Å². The van der Waals surface area contributed by atoms with Gasteiger partial charge < -0.3 is 4.52 Å². The summed E-state index contributed by atoms with van der Waals surface area (Å²) in [6.07, 6.45) is 1.86. The number of benzene rings is 2. The maximum atomic E-state index is 6.07. The second kappa shape index (κ2) is 4.93. The van der Waals surface area contributed by atoms with Crippen LogP contribution < -0.4 is 14.9 Å². The van der Waals surface area contributed by atoms with Crippen LogP contribution in [0.2, 0.25) is 0 Å². The molecule has 1 unspecified atom stereocenters. The van der Waals surface area contributed by atoms with E-state index in [9.17, 15) is 0 Å². The van der Waals surface area contributed by atoms with Crippen LogP contribution in [0.4, 0.5) is 0 Å². The van der Waals surface area contributed by atoms with Gasteiger partial charge in [-0.15, -0.1) is 6.58 Å². The molecule has 1 atom stereocenters. The Morgan fingerprint density at radius 1 is 1.06 bits per heavy atom. The summed E-state index contributed by atoms with van der Waals surface area (Å²) in [5, 5.41) is 4.64. The lowest BCUT2D eigenvalue weighted by molar-refractivity contribution is 0.609. The van der Waals surface area contributed by atoms with Crippen LogP contribution in [0.15, 0.2) is 61.2 Å². The van der Waals surface area contributed by atoms with Crippen molar-refractivity contribution in [2.45, 2.75) is 0 Å². The first-order valence-corrected chi connectivity index (χ1v) is 7.17. The summed E-state index contributed by atoms with van der Waals surface area (Å²) in [5.41, 5.74) is 2.44. The average molecular weight is 255 g/mol. The van der Waals surface area contributed by atoms with E-state index in [1.165, 1.54) is 16.4 Å². The third-order valence-electron chi connectivity index (χ3n) is 2.87. The van der Waals surface area contributed by atoms with Crippen molar-refractivity contribution in [3.63, 3.8) is 0 Å². The van der Waals surface area contributed by atoms with Gasteiger partial charge in [0.15, 0.2) is 8.30 Å². The number of fused-ring (bicyclic) bond motifs is 3. The Balaban J connectivity index is 2.08. The van der Waals surface area contributed by atoms with Crippen LogP contribution in [0.25, 0.3) is 11.1 Å². The van der Waals surface area contributed by atoms with E-state index in [1.807, 2.05) is 24.3 Å². The van der Waals surface area contributed by atoms with Gasteiger partial charge in [-0.05, 0) is 17.7 Å². The molecule has 0 spiro atoms. The molecular weight excluding hydrogens is 241 g/mol. The Morgan fingerprint density at radius 3 is 2.61 bits per heavy atom. The Kier molecular flexibility index (Phi) is 3.14. The van der Waals surface area contributed by atoms with Gasteiger partial charge >= 0.3 is 0 Å². The van der Waals surface area contributed by atoms with Crippen LogP contribution in [0, 0.1) is 0 Å². The van der Waals surface area contributed by atoms with Crippen molar-refractivity contribution >= 4 is 13.6 Å². The van der Waals surface area contributed by atoms with Gasteiger partial charge in [0.1, 0.15) is 5.75 Å². The smallest absolute Gasteiger partial charge is 0.195 e. The second-order valence-corrected chi connectivity index (χ2v) is 5.62. The fourth-order valence-corrected chi connectivity index (χ4v) is 3.68. The molecule has 0 fully saturated rings. The van der Waals surface area contributed by atoms with Crippen molar-refractivity contribution in [3.05, 3.63) is 61.2 Å². The molecule has 2 aromatic rings. The van der Waals surface area contributed by atoms with Crippen molar-refractivity contribution in [1.82, 2.24) is 5.09 Å². The maximum Gasteiger partial charge on any atom is 0.195 e. The zero-order valence-electron chi connectivity index (χ0n) is 9.97. The predicted octanol–water partition coefficient (Wildman–Crippen LogP) is 3.46. The molecule has 2 aromatic carbocycles. The summed E-state index contributed by atoms with van der Waals surface area (Å²) in [7, 11) is -0.801. The lowest BCUT2D eigenvalue weighted by Crippen LogP contribution is -2.23. The number of rotatable bonds is 3. The molecular formula is C15H14NOP. The van der Waals surface area contributed by atoms with E-state index in [4.69, 9.17) is 4.52 Å². The van der Waals surface area contributed by atoms with E-state index in [1.54, 1.807) is 0 Å². The Bertz CT molecular complexity index is 582. The highest BCUT2D eigenvalue weighted by atomic mass is 31.2. The first-order chi connectivity index (χ1) is 8.90. The third-order valence-corrected chi connectivity index (χ3v) is 4.55. The van der Waals surface area contributed by atoms with Crippen LogP contribution in [0.1, 0.15) is 0 Å². The molecule has 0 saturated carbocycles. The largest absolute Gasteiger partial charge is 0.453 e. The van der Waals surface area contributed by atoms with E-state index in [0.29, 0.717) is 0 Å². The minimum atomic E-state index is -0.801. The molecule has 90 valence electrons. The van der Waals surface area contributed by atoms with E-state index >= 15 is 0 Å². The van der Waals surface area contributed by atoms with Crippen LogP contribution in [0.5, 0.6) is 5.75 Å². The van der Waals surface area contributed by atoms with Gasteiger partial charge in [-0.2, -0.15) is 0 Å². The standard InChI is InChI=1S/C15H14NOP/c1-2-11-16-18-15-10-6-4-8-13(15)12-7-3-5-9-14(12)17-18/h2-10,16H,1,11H2. The first-order valence-electron chi connectivity index (χ1n) is 5.91. The van der Waals surface area contributed by atoms with Gasteiger partial charge in [-0.1, -0.05) is 42.5 Å². The molecule has 18 heavy (non-hydrogen) atoms. The number of hydrogen-bond acceptors (Lipinski definition) is 2. The fourth-order valence-electron chi connectivity index (χ4n) is 2.06. The summed E-state index contributed by atoms with van der Waals surface area (Å²) >= 11 is 0. The summed E-state index contributed by atoms with van der Waals surface area (Å²) < 4.78 is 6.07. The first kappa shape index (κ1) is 11.5. The maximum absolute atomic E-state index is 6.07. The molecule has 0 aliphatic carbocycles. The van der Waals surface area contributed by atoms with Crippen molar-refractivity contribution < 1.29 is 4.52 Å². The molecule has 0 aromatic heterocycles. The van der Waals surface area contributed by atoms with Gasteiger partial charge in [0.25, 0.3) is 0 Å². The molecule has 0 amide bonds. The van der Waals surface area contributed by atoms with Gasteiger partial charge in [0.05, 0.1) is 0 Å². The number of hydrogen-bond donors (Lipinski definition) is 1. The van der Waals surface area contributed by atoms with E-state index in [0.717, 1.165) is 12.3 Å². The van der Waals surface area contributed by atoms with Crippen molar-refractivity contribution in [2.24, 2.45) is 0 Å². The summed E-state index contributed by atoms with van der Waals surface area (Å²) in [4.78, 5) is 0. The van der Waals surface area contributed by atoms with Crippen LogP contribution in [-0.2, 0) is 0 Å². The summed E-state index contributed by atoms with van der Waals surface area (Å²) in [6, 6.07) is 16.6. The van der Waals surface area contributed by atoms with Crippen LogP contribution in [-0.4, -0.2) is 6.54 Å². The van der Waals surface area contributed by atoms with Crippen molar-refractivity contribution in [2.75, 3.05) is 6.54 Å². The highest BCUT2D eigenvalue weighted by Gasteiger charge is 2.25. The predicted molar refractivity (Wildman–Crippen MR) is 77.3 cm³/mol. The summed E-state index contributed by atoms with van der Waals surface area (Å²) in [6.45, 7) is 4.49. The topological polar surface area (TPSA) is 21.3 Å². The molecule has 0 bridgehead atoms. The molecule has 1 N–H and O–H groups in total. The minimum Gasteiger partial charge on any atom is -0.453 e. The van der Waals surface area contributed by atoms with Gasteiger partial charge in [-0.25, -0.2) is 0 Å². The van der Waals surface area contributed by atoms with Crippen molar-refractivity contribution in [3.8, 4) is 16.9 Å². The van der Waals surface area contributed by atoms with E-state index in [2.05, 4.69) is 42.0 Å². The monoisotopic (exact) mass is 255 g/mol. The molecule has 1 aliphatic rings. The summed E-state index contributed by atoms with van der Waals surface area (Å²) in [5.74, 6) is 0.957. The molecule has 1 aliphatic heterocycles. The lowest BCUT2D eigenvalue weighted by atomic mass is 10.0.